The minimum absolute atomic E-state index is 0.139. The van der Waals surface area contributed by atoms with Gasteiger partial charge in [0, 0.05) is 19.9 Å². The second-order valence-corrected chi connectivity index (χ2v) is 6.88. The van der Waals surface area contributed by atoms with Crippen LogP contribution in [0.1, 0.15) is 44.1 Å². The van der Waals surface area contributed by atoms with Crippen LogP contribution >= 0.6 is 0 Å². The molecule has 0 saturated heterocycles. The fraction of sp³-hybridized carbons (Fsp3) is 0.304. The summed E-state index contributed by atoms with van der Waals surface area (Å²) in [6, 6.07) is 16.9. The highest BCUT2D eigenvalue weighted by Crippen LogP contribution is 2.27. The maximum atomic E-state index is 12.6. The fourth-order valence-corrected chi connectivity index (χ4v) is 3.06. The van der Waals surface area contributed by atoms with Crippen molar-refractivity contribution in [2.24, 2.45) is 5.73 Å². The Morgan fingerprint density at radius 2 is 1.59 bits per heavy atom. The van der Waals surface area contributed by atoms with Crippen molar-refractivity contribution >= 4 is 23.3 Å². The highest BCUT2D eigenvalue weighted by Gasteiger charge is 2.22. The molecular weight excluding hydrogens is 366 g/mol. The van der Waals surface area contributed by atoms with E-state index in [1.807, 2.05) is 36.4 Å². The smallest absolute Gasteiger partial charge is 0.294 e. The molecule has 0 radical (unpaired) electrons. The predicted octanol–water partition coefficient (Wildman–Crippen LogP) is 3.58. The number of Topliss-reactive ketones (excluding diaryl/α,β-unsaturated/α-hetero) is 1. The standard InChI is InChI=1S/C23H25N3O3/c1-26(23(29)21(27)11-7-2-3-8-12-22(25)28)20-15-18(13-14-19(20)16-24)17-9-5-4-6-10-17/h4-6,9-10,13-15H,2-3,7-8,11-12H2,1H3,(H2,25,28). The van der Waals surface area contributed by atoms with Gasteiger partial charge in [-0.1, -0.05) is 49.2 Å². The van der Waals surface area contributed by atoms with Gasteiger partial charge in [0.05, 0.1) is 11.3 Å². The maximum absolute atomic E-state index is 12.6. The molecule has 6 nitrogen and oxygen atoms in total. The van der Waals surface area contributed by atoms with Crippen LogP contribution in [0.15, 0.2) is 48.5 Å². The van der Waals surface area contributed by atoms with Crippen LogP contribution < -0.4 is 10.6 Å². The molecule has 0 atom stereocenters. The van der Waals surface area contributed by atoms with E-state index in [4.69, 9.17) is 5.73 Å². The quantitative estimate of drug-likeness (QED) is 0.494. The minimum atomic E-state index is -0.635. The molecule has 0 bridgehead atoms. The molecule has 2 aromatic rings. The molecule has 0 saturated carbocycles. The number of primary amides is 1. The third kappa shape index (κ3) is 6.28. The van der Waals surface area contributed by atoms with Crippen molar-refractivity contribution in [2.45, 2.75) is 38.5 Å². The predicted molar refractivity (Wildman–Crippen MR) is 112 cm³/mol. The number of ketones is 1. The zero-order valence-electron chi connectivity index (χ0n) is 16.6. The number of unbranched alkanes of at least 4 members (excludes halogenated alkanes) is 3. The van der Waals surface area contributed by atoms with Crippen LogP contribution in [0.2, 0.25) is 0 Å². The van der Waals surface area contributed by atoms with Crippen molar-refractivity contribution in [3.63, 3.8) is 0 Å². The Morgan fingerprint density at radius 1 is 0.931 bits per heavy atom. The molecule has 2 rings (SSSR count). The van der Waals surface area contributed by atoms with Crippen LogP contribution in [0.25, 0.3) is 11.1 Å². The SMILES string of the molecule is CN(C(=O)C(=O)CCCCCCC(N)=O)c1cc(-c2ccccc2)ccc1C#N. The first-order valence-corrected chi connectivity index (χ1v) is 9.62. The van der Waals surface area contributed by atoms with Crippen molar-refractivity contribution in [3.8, 4) is 17.2 Å². The van der Waals surface area contributed by atoms with Crippen molar-refractivity contribution in [1.82, 2.24) is 0 Å². The van der Waals surface area contributed by atoms with Gasteiger partial charge in [-0.05, 0) is 36.1 Å². The highest BCUT2D eigenvalue weighted by molar-refractivity contribution is 6.41. The molecule has 0 spiro atoms. The summed E-state index contributed by atoms with van der Waals surface area (Å²) >= 11 is 0. The molecule has 0 aliphatic carbocycles. The number of nitriles is 1. The molecule has 2 amide bonds. The summed E-state index contributed by atoms with van der Waals surface area (Å²) in [6.45, 7) is 0. The summed E-state index contributed by atoms with van der Waals surface area (Å²) in [5, 5.41) is 9.41. The summed E-state index contributed by atoms with van der Waals surface area (Å²) in [4.78, 5) is 36.8. The van der Waals surface area contributed by atoms with Gasteiger partial charge in [0.25, 0.3) is 5.91 Å². The number of rotatable bonds is 10. The lowest BCUT2D eigenvalue weighted by molar-refractivity contribution is -0.136. The third-order valence-corrected chi connectivity index (χ3v) is 4.71. The Hall–Kier alpha value is -3.46. The van der Waals surface area contributed by atoms with E-state index >= 15 is 0 Å². The van der Waals surface area contributed by atoms with Gasteiger partial charge in [0.15, 0.2) is 0 Å². The maximum Gasteiger partial charge on any atom is 0.294 e. The van der Waals surface area contributed by atoms with Gasteiger partial charge in [-0.25, -0.2) is 0 Å². The fourth-order valence-electron chi connectivity index (χ4n) is 3.06. The van der Waals surface area contributed by atoms with E-state index in [1.165, 1.54) is 11.9 Å². The molecule has 0 aliphatic heterocycles. The molecule has 0 heterocycles. The second kappa shape index (κ2) is 10.8. The largest absolute Gasteiger partial charge is 0.370 e. The Labute approximate surface area is 170 Å². The number of amides is 2. The highest BCUT2D eigenvalue weighted by atomic mass is 16.2. The van der Waals surface area contributed by atoms with Crippen LogP contribution in [-0.2, 0) is 14.4 Å². The molecule has 0 aliphatic rings. The van der Waals surface area contributed by atoms with Gasteiger partial charge in [-0.2, -0.15) is 5.26 Å². The number of benzene rings is 2. The van der Waals surface area contributed by atoms with E-state index in [-0.39, 0.29) is 12.3 Å². The molecule has 2 aromatic carbocycles. The van der Waals surface area contributed by atoms with Gasteiger partial charge in [-0.15, -0.1) is 0 Å². The van der Waals surface area contributed by atoms with E-state index in [9.17, 15) is 19.6 Å². The lowest BCUT2D eigenvalue weighted by Crippen LogP contribution is -2.33. The average molecular weight is 391 g/mol. The molecule has 2 N–H and O–H groups in total. The molecule has 150 valence electrons. The van der Waals surface area contributed by atoms with Crippen LogP contribution in [0.5, 0.6) is 0 Å². The number of anilines is 1. The zero-order chi connectivity index (χ0) is 21.2. The molecule has 0 aromatic heterocycles. The van der Waals surface area contributed by atoms with Gasteiger partial charge in [-0.3, -0.25) is 14.4 Å². The van der Waals surface area contributed by atoms with Gasteiger partial charge < -0.3 is 10.6 Å². The Kier molecular flexibility index (Phi) is 8.11. The number of carbonyl (C=O) groups is 3. The van der Waals surface area contributed by atoms with Gasteiger partial charge in [0.1, 0.15) is 6.07 Å². The lowest BCUT2D eigenvalue weighted by Gasteiger charge is -2.19. The Bertz CT molecular complexity index is 917. The van der Waals surface area contributed by atoms with Crippen LogP contribution in [0.3, 0.4) is 0 Å². The van der Waals surface area contributed by atoms with Crippen LogP contribution in [0.4, 0.5) is 5.69 Å². The van der Waals surface area contributed by atoms with Crippen molar-refractivity contribution < 1.29 is 14.4 Å². The van der Waals surface area contributed by atoms with Gasteiger partial charge in [0.2, 0.25) is 11.7 Å². The molecular formula is C23H25N3O3. The molecule has 0 unspecified atom stereocenters. The Balaban J connectivity index is 2.03. The number of likely N-dealkylation sites (N-methyl/N-ethyl adjacent to an activating group) is 1. The number of nitrogens with two attached hydrogens (primary N) is 1. The van der Waals surface area contributed by atoms with Crippen molar-refractivity contribution in [3.05, 3.63) is 54.1 Å². The first kappa shape index (κ1) is 21.8. The lowest BCUT2D eigenvalue weighted by atomic mass is 10.0. The normalized spacial score (nSPS) is 10.2. The monoisotopic (exact) mass is 391 g/mol. The van der Waals surface area contributed by atoms with Crippen LogP contribution in [0, 0.1) is 11.3 Å². The van der Waals surface area contributed by atoms with Crippen LogP contribution in [-0.4, -0.2) is 24.6 Å². The van der Waals surface area contributed by atoms with Gasteiger partial charge >= 0.3 is 0 Å². The minimum Gasteiger partial charge on any atom is -0.370 e. The second-order valence-electron chi connectivity index (χ2n) is 6.88. The summed E-state index contributed by atoms with van der Waals surface area (Å²) in [5.41, 5.74) is 7.65. The number of hydrogen-bond donors (Lipinski definition) is 1. The van der Waals surface area contributed by atoms with E-state index in [2.05, 4.69) is 6.07 Å². The van der Waals surface area contributed by atoms with E-state index < -0.39 is 11.7 Å². The Morgan fingerprint density at radius 3 is 2.21 bits per heavy atom. The van der Waals surface area contributed by atoms with E-state index in [1.54, 1.807) is 12.1 Å². The zero-order valence-corrected chi connectivity index (χ0v) is 16.6. The number of carbonyl (C=O) groups excluding carboxylic acids is 3. The van der Waals surface area contributed by atoms with Crippen molar-refractivity contribution in [1.29, 1.82) is 5.26 Å². The van der Waals surface area contributed by atoms with Crippen molar-refractivity contribution in [2.75, 3.05) is 11.9 Å². The number of nitrogens with zero attached hydrogens (tertiary/aromatic N) is 2. The number of hydrogen-bond acceptors (Lipinski definition) is 4. The third-order valence-electron chi connectivity index (χ3n) is 4.71. The van der Waals surface area contributed by atoms with E-state index in [0.717, 1.165) is 24.0 Å². The average Bonchev–Trinajstić information content (AvgIpc) is 2.74. The molecule has 6 heteroatoms. The summed E-state index contributed by atoms with van der Waals surface area (Å²) in [7, 11) is 1.51. The topological polar surface area (TPSA) is 104 Å². The summed E-state index contributed by atoms with van der Waals surface area (Å²) < 4.78 is 0. The first-order chi connectivity index (χ1) is 13.9. The summed E-state index contributed by atoms with van der Waals surface area (Å²) in [5.74, 6) is -1.45. The summed E-state index contributed by atoms with van der Waals surface area (Å²) in [6.07, 6.45) is 3.28. The molecule has 29 heavy (non-hydrogen) atoms. The first-order valence-electron chi connectivity index (χ1n) is 9.62. The molecule has 0 fully saturated rings. The van der Waals surface area contributed by atoms with E-state index in [0.29, 0.717) is 30.5 Å².